The van der Waals surface area contributed by atoms with Crippen molar-refractivity contribution in [1.29, 1.82) is 0 Å². The minimum atomic E-state index is -0.484. The maximum absolute atomic E-state index is 11.6. The van der Waals surface area contributed by atoms with Crippen molar-refractivity contribution in [3.63, 3.8) is 0 Å². The molecule has 1 heterocycles. The van der Waals surface area contributed by atoms with Crippen LogP contribution in [0.3, 0.4) is 0 Å². The second kappa shape index (κ2) is 8.36. The molecular formula is C12H22N4O4. The molecule has 0 spiro atoms. The summed E-state index contributed by atoms with van der Waals surface area (Å²) in [4.78, 5) is 37.8. The molecule has 1 aliphatic heterocycles. The Morgan fingerprint density at radius 2 is 1.75 bits per heavy atom. The number of amides is 4. The van der Waals surface area contributed by atoms with E-state index in [1.54, 1.807) is 18.7 Å². The average Bonchev–Trinajstić information content (AvgIpc) is 2.39. The Balaban J connectivity index is 2.26. The normalized spacial score (nSPS) is 15.6. The van der Waals surface area contributed by atoms with E-state index in [0.29, 0.717) is 39.3 Å². The van der Waals surface area contributed by atoms with Gasteiger partial charge in [0.15, 0.2) is 0 Å². The predicted molar refractivity (Wildman–Crippen MR) is 72.3 cm³/mol. The van der Waals surface area contributed by atoms with Gasteiger partial charge in [0, 0.05) is 32.7 Å². The van der Waals surface area contributed by atoms with Crippen molar-refractivity contribution in [3.05, 3.63) is 0 Å². The van der Waals surface area contributed by atoms with E-state index in [9.17, 15) is 14.4 Å². The number of ether oxygens (including phenoxy) is 1. The minimum absolute atomic E-state index is 0.147. The first-order valence-electron chi connectivity index (χ1n) is 6.78. The molecule has 0 bridgehead atoms. The van der Waals surface area contributed by atoms with Crippen molar-refractivity contribution in [3.8, 4) is 0 Å². The summed E-state index contributed by atoms with van der Waals surface area (Å²) < 4.78 is 4.91. The van der Waals surface area contributed by atoms with Crippen LogP contribution in [0.2, 0.25) is 0 Å². The van der Waals surface area contributed by atoms with E-state index >= 15 is 0 Å². The Labute approximate surface area is 118 Å². The molecule has 0 unspecified atom stereocenters. The molecule has 114 valence electrons. The average molecular weight is 286 g/mol. The third kappa shape index (κ3) is 5.43. The summed E-state index contributed by atoms with van der Waals surface area (Å²) in [5, 5.41) is 4.74. The first kappa shape index (κ1) is 16.2. The highest BCUT2D eigenvalue weighted by Gasteiger charge is 2.23. The van der Waals surface area contributed by atoms with Crippen LogP contribution in [0.1, 0.15) is 13.8 Å². The number of piperazine rings is 1. The van der Waals surface area contributed by atoms with E-state index in [1.807, 2.05) is 4.90 Å². The van der Waals surface area contributed by atoms with Crippen molar-refractivity contribution >= 4 is 18.0 Å². The van der Waals surface area contributed by atoms with Crippen molar-refractivity contribution in [2.75, 3.05) is 45.9 Å². The van der Waals surface area contributed by atoms with Crippen molar-refractivity contribution in [1.82, 2.24) is 20.4 Å². The predicted octanol–water partition coefficient (Wildman–Crippen LogP) is -0.394. The smallest absolute Gasteiger partial charge is 0.409 e. The van der Waals surface area contributed by atoms with Gasteiger partial charge in [-0.05, 0) is 13.8 Å². The third-order valence-corrected chi connectivity index (χ3v) is 2.86. The van der Waals surface area contributed by atoms with Gasteiger partial charge in [-0.25, -0.2) is 9.59 Å². The largest absolute Gasteiger partial charge is 0.450 e. The summed E-state index contributed by atoms with van der Waals surface area (Å²) in [6.07, 6.45) is -0.320. The second-order valence-corrected chi connectivity index (χ2v) is 4.37. The molecule has 2 N–H and O–H groups in total. The van der Waals surface area contributed by atoms with Gasteiger partial charge in [0.25, 0.3) is 0 Å². The lowest BCUT2D eigenvalue weighted by atomic mass is 10.3. The molecule has 4 amide bonds. The van der Waals surface area contributed by atoms with Crippen molar-refractivity contribution < 1.29 is 19.1 Å². The number of carbonyl (C=O) groups is 3. The van der Waals surface area contributed by atoms with Crippen LogP contribution in [-0.4, -0.2) is 73.7 Å². The van der Waals surface area contributed by atoms with Crippen LogP contribution < -0.4 is 10.6 Å². The summed E-state index contributed by atoms with van der Waals surface area (Å²) in [5.74, 6) is -0.347. The van der Waals surface area contributed by atoms with Gasteiger partial charge in [-0.3, -0.25) is 15.0 Å². The fourth-order valence-corrected chi connectivity index (χ4v) is 1.88. The molecule has 0 radical (unpaired) electrons. The standard InChI is InChI=1S/C12H22N4O4/c1-3-13-11(18)14-10(17)9-15-5-7-16(8-6-15)12(19)20-4-2/h3-9H2,1-2H3,(H2,13,14,17,18). The Morgan fingerprint density at radius 1 is 1.10 bits per heavy atom. The summed E-state index contributed by atoms with van der Waals surface area (Å²) in [6, 6.07) is -0.484. The third-order valence-electron chi connectivity index (χ3n) is 2.86. The number of urea groups is 1. The molecule has 0 aromatic carbocycles. The number of nitrogens with one attached hydrogen (secondary N) is 2. The zero-order valence-electron chi connectivity index (χ0n) is 12.0. The van der Waals surface area contributed by atoms with Crippen LogP contribution >= 0.6 is 0 Å². The minimum Gasteiger partial charge on any atom is -0.450 e. The van der Waals surface area contributed by atoms with Crippen molar-refractivity contribution in [2.45, 2.75) is 13.8 Å². The van der Waals surface area contributed by atoms with E-state index in [0.717, 1.165) is 0 Å². The van der Waals surface area contributed by atoms with Crippen molar-refractivity contribution in [2.24, 2.45) is 0 Å². The van der Waals surface area contributed by atoms with Crippen LogP contribution in [0, 0.1) is 0 Å². The summed E-state index contributed by atoms with van der Waals surface area (Å²) >= 11 is 0. The molecule has 8 heteroatoms. The SMILES string of the molecule is CCNC(=O)NC(=O)CN1CCN(C(=O)OCC)CC1. The van der Waals surface area contributed by atoms with Gasteiger partial charge >= 0.3 is 12.1 Å². The Bertz CT molecular complexity index is 353. The molecular weight excluding hydrogens is 264 g/mol. The molecule has 0 aromatic rings. The van der Waals surface area contributed by atoms with E-state index < -0.39 is 6.03 Å². The second-order valence-electron chi connectivity index (χ2n) is 4.37. The van der Waals surface area contributed by atoms with E-state index in [4.69, 9.17) is 4.74 Å². The summed E-state index contributed by atoms with van der Waals surface area (Å²) in [7, 11) is 0. The van der Waals surface area contributed by atoms with Gasteiger partial charge < -0.3 is 15.0 Å². The molecule has 1 fully saturated rings. The van der Waals surface area contributed by atoms with Gasteiger partial charge in [-0.1, -0.05) is 0 Å². The zero-order chi connectivity index (χ0) is 15.0. The number of carbonyl (C=O) groups excluding carboxylic acids is 3. The van der Waals surface area contributed by atoms with E-state index in [-0.39, 0.29) is 18.5 Å². The lowest BCUT2D eigenvalue weighted by Gasteiger charge is -2.33. The summed E-state index contributed by atoms with van der Waals surface area (Å²) in [5.41, 5.74) is 0. The van der Waals surface area contributed by atoms with Crippen LogP contribution in [-0.2, 0) is 9.53 Å². The van der Waals surface area contributed by atoms with E-state index in [2.05, 4.69) is 10.6 Å². The molecule has 1 aliphatic rings. The van der Waals surface area contributed by atoms with Gasteiger partial charge in [0.05, 0.1) is 13.2 Å². The van der Waals surface area contributed by atoms with Gasteiger partial charge in [-0.15, -0.1) is 0 Å². The Hall–Kier alpha value is -1.83. The van der Waals surface area contributed by atoms with Gasteiger partial charge in [0.2, 0.25) is 5.91 Å². The molecule has 1 saturated heterocycles. The quantitative estimate of drug-likeness (QED) is 0.734. The molecule has 8 nitrogen and oxygen atoms in total. The van der Waals surface area contributed by atoms with Crippen LogP contribution in [0.4, 0.5) is 9.59 Å². The number of imide groups is 1. The molecule has 0 atom stereocenters. The highest BCUT2D eigenvalue weighted by atomic mass is 16.6. The fraction of sp³-hybridized carbons (Fsp3) is 0.750. The zero-order valence-corrected chi connectivity index (χ0v) is 12.0. The highest BCUT2D eigenvalue weighted by Crippen LogP contribution is 2.03. The molecule has 0 saturated carbocycles. The van der Waals surface area contributed by atoms with Crippen LogP contribution in [0.5, 0.6) is 0 Å². The first-order chi connectivity index (χ1) is 9.56. The molecule has 0 aliphatic carbocycles. The van der Waals surface area contributed by atoms with Gasteiger partial charge in [-0.2, -0.15) is 0 Å². The monoisotopic (exact) mass is 286 g/mol. The van der Waals surface area contributed by atoms with Crippen LogP contribution in [0.15, 0.2) is 0 Å². The highest BCUT2D eigenvalue weighted by molar-refractivity contribution is 5.95. The lowest BCUT2D eigenvalue weighted by Crippen LogP contribution is -2.52. The number of nitrogens with zero attached hydrogens (tertiary/aromatic N) is 2. The molecule has 1 rings (SSSR count). The number of hydrogen-bond donors (Lipinski definition) is 2. The van der Waals surface area contributed by atoms with Crippen LogP contribution in [0.25, 0.3) is 0 Å². The van der Waals surface area contributed by atoms with E-state index in [1.165, 1.54) is 0 Å². The Kier molecular flexibility index (Phi) is 6.78. The van der Waals surface area contributed by atoms with Gasteiger partial charge in [0.1, 0.15) is 0 Å². The Morgan fingerprint density at radius 3 is 2.30 bits per heavy atom. The first-order valence-corrected chi connectivity index (χ1v) is 6.78. The summed E-state index contributed by atoms with van der Waals surface area (Å²) in [6.45, 7) is 6.72. The molecule has 20 heavy (non-hydrogen) atoms. The topological polar surface area (TPSA) is 91.0 Å². The number of rotatable bonds is 4. The fourth-order valence-electron chi connectivity index (χ4n) is 1.88. The number of hydrogen-bond acceptors (Lipinski definition) is 5. The molecule has 0 aromatic heterocycles. The lowest BCUT2D eigenvalue weighted by molar-refractivity contribution is -0.121. The maximum atomic E-state index is 11.6. The maximum Gasteiger partial charge on any atom is 0.409 e.